The zero-order valence-corrected chi connectivity index (χ0v) is 21.0. The van der Waals surface area contributed by atoms with Crippen LogP contribution in [0.25, 0.3) is 11.3 Å². The summed E-state index contributed by atoms with van der Waals surface area (Å²) in [6, 6.07) is 10.5. The Morgan fingerprint density at radius 3 is 2.53 bits per heavy atom. The van der Waals surface area contributed by atoms with E-state index in [2.05, 4.69) is 58.7 Å². The average Bonchev–Trinajstić information content (AvgIpc) is 3.42. The van der Waals surface area contributed by atoms with Crippen LogP contribution in [0, 0.1) is 6.92 Å². The summed E-state index contributed by atoms with van der Waals surface area (Å²) in [5, 5.41) is 15.8. The molecule has 2 N–H and O–H groups in total. The maximum Gasteiger partial charge on any atom is 0.232 e. The van der Waals surface area contributed by atoms with Gasteiger partial charge in [0.05, 0.1) is 11.9 Å². The van der Waals surface area contributed by atoms with Crippen molar-refractivity contribution < 1.29 is 0 Å². The fourth-order valence-electron chi connectivity index (χ4n) is 3.96. The van der Waals surface area contributed by atoms with Gasteiger partial charge in [-0.2, -0.15) is 15.2 Å². The van der Waals surface area contributed by atoms with E-state index in [-0.39, 0.29) is 0 Å². The van der Waals surface area contributed by atoms with Crippen molar-refractivity contribution in [2.75, 3.05) is 17.3 Å². The summed E-state index contributed by atoms with van der Waals surface area (Å²) < 4.78 is 1.81. The van der Waals surface area contributed by atoms with Crippen LogP contribution in [-0.4, -0.2) is 42.2 Å². The van der Waals surface area contributed by atoms with Gasteiger partial charge in [0, 0.05) is 59.0 Å². The van der Waals surface area contributed by atoms with Gasteiger partial charge < -0.3 is 10.2 Å². The third-order valence-corrected chi connectivity index (χ3v) is 6.76. The van der Waals surface area contributed by atoms with Crippen molar-refractivity contribution in [3.63, 3.8) is 0 Å². The molecule has 5 rings (SSSR count). The standard InChI is InChI=1S/C25H30N8S/c1-15(2)34-20-10-8-19(9-11-20)33(5)25-28-23(18-13-26-32(4)14-18)22(17-6-7-17)24(29-25)27-21-12-16(3)30-31-21/h8-15,17H,6-7H2,1-5H3,(H2,27,28,29,30,31). The second-order valence-corrected chi connectivity index (χ2v) is 10.7. The third kappa shape index (κ3) is 4.79. The Labute approximate surface area is 204 Å². The van der Waals surface area contributed by atoms with Crippen molar-refractivity contribution in [3.05, 3.63) is 54.0 Å². The molecule has 34 heavy (non-hydrogen) atoms. The summed E-state index contributed by atoms with van der Waals surface area (Å²) in [6.45, 7) is 6.39. The summed E-state index contributed by atoms with van der Waals surface area (Å²) in [5.74, 6) is 2.61. The van der Waals surface area contributed by atoms with Crippen LogP contribution in [0.3, 0.4) is 0 Å². The molecule has 8 nitrogen and oxygen atoms in total. The Kier molecular flexibility index (Phi) is 6.03. The minimum absolute atomic E-state index is 0.435. The molecule has 9 heteroatoms. The first-order valence-corrected chi connectivity index (χ1v) is 12.5. The zero-order valence-electron chi connectivity index (χ0n) is 20.2. The quantitative estimate of drug-likeness (QED) is 0.312. The van der Waals surface area contributed by atoms with Crippen LogP contribution < -0.4 is 10.2 Å². The van der Waals surface area contributed by atoms with Gasteiger partial charge in [0.1, 0.15) is 5.82 Å². The number of benzene rings is 1. The van der Waals surface area contributed by atoms with Crippen LogP contribution in [-0.2, 0) is 7.05 Å². The first-order valence-electron chi connectivity index (χ1n) is 11.6. The molecule has 1 aromatic carbocycles. The number of H-pyrrole nitrogens is 1. The van der Waals surface area contributed by atoms with E-state index in [1.54, 1.807) is 0 Å². The van der Waals surface area contributed by atoms with Crippen LogP contribution in [0.5, 0.6) is 0 Å². The van der Waals surface area contributed by atoms with Crippen molar-refractivity contribution in [2.45, 2.75) is 49.7 Å². The van der Waals surface area contributed by atoms with E-state index in [4.69, 9.17) is 9.97 Å². The molecule has 3 heterocycles. The molecule has 0 amide bonds. The van der Waals surface area contributed by atoms with Gasteiger partial charge in [-0.1, -0.05) is 13.8 Å². The summed E-state index contributed by atoms with van der Waals surface area (Å²) in [6.07, 6.45) is 6.15. The maximum atomic E-state index is 5.06. The molecule has 0 radical (unpaired) electrons. The van der Waals surface area contributed by atoms with Gasteiger partial charge in [-0.25, -0.2) is 4.98 Å². The summed E-state index contributed by atoms with van der Waals surface area (Å²) in [5.41, 5.74) is 5.08. The molecule has 0 atom stereocenters. The van der Waals surface area contributed by atoms with E-state index in [0.717, 1.165) is 52.7 Å². The number of aryl methyl sites for hydroxylation is 2. The fraction of sp³-hybridized carbons (Fsp3) is 0.360. The molecular weight excluding hydrogens is 444 g/mol. The van der Waals surface area contributed by atoms with Gasteiger partial charge in [-0.05, 0) is 49.9 Å². The normalized spacial score (nSPS) is 13.5. The van der Waals surface area contributed by atoms with Crippen molar-refractivity contribution in [1.29, 1.82) is 0 Å². The Balaban J connectivity index is 1.58. The SMILES string of the molecule is Cc1cc(Nc2nc(N(C)c3ccc(SC(C)C)cc3)nc(-c3cnn(C)c3)c2C2CC2)n[nH]1. The van der Waals surface area contributed by atoms with E-state index in [9.17, 15) is 0 Å². The molecule has 4 aromatic rings. The smallest absolute Gasteiger partial charge is 0.232 e. The van der Waals surface area contributed by atoms with Crippen LogP contribution in [0.4, 0.5) is 23.3 Å². The molecule has 1 aliphatic carbocycles. The van der Waals surface area contributed by atoms with Crippen LogP contribution in [0.1, 0.15) is 43.9 Å². The number of rotatable bonds is 8. The van der Waals surface area contributed by atoms with E-state index in [0.29, 0.717) is 17.1 Å². The lowest BCUT2D eigenvalue weighted by atomic mass is 10.1. The van der Waals surface area contributed by atoms with Crippen LogP contribution >= 0.6 is 11.8 Å². The molecular formula is C25H30N8S. The van der Waals surface area contributed by atoms with Crippen LogP contribution in [0.15, 0.2) is 47.6 Å². The van der Waals surface area contributed by atoms with Crippen molar-refractivity contribution in [1.82, 2.24) is 29.9 Å². The molecule has 1 saturated carbocycles. The van der Waals surface area contributed by atoms with Crippen molar-refractivity contribution in [2.24, 2.45) is 7.05 Å². The fourth-order valence-corrected chi connectivity index (χ4v) is 4.80. The topological polar surface area (TPSA) is 87.6 Å². The van der Waals surface area contributed by atoms with Gasteiger partial charge in [-0.3, -0.25) is 9.78 Å². The first kappa shape index (κ1) is 22.5. The first-order chi connectivity index (χ1) is 16.4. The molecule has 3 aromatic heterocycles. The largest absolute Gasteiger partial charge is 0.323 e. The predicted molar refractivity (Wildman–Crippen MR) is 138 cm³/mol. The lowest BCUT2D eigenvalue weighted by Crippen LogP contribution is -2.16. The van der Waals surface area contributed by atoms with Gasteiger partial charge in [-0.15, -0.1) is 11.8 Å². The van der Waals surface area contributed by atoms with Gasteiger partial charge in [0.2, 0.25) is 5.95 Å². The number of thioether (sulfide) groups is 1. The van der Waals surface area contributed by atoms with E-state index >= 15 is 0 Å². The molecule has 0 aliphatic heterocycles. The van der Waals surface area contributed by atoms with E-state index < -0.39 is 0 Å². The van der Waals surface area contributed by atoms with Crippen molar-refractivity contribution in [3.8, 4) is 11.3 Å². The summed E-state index contributed by atoms with van der Waals surface area (Å²) in [7, 11) is 3.93. The molecule has 0 unspecified atom stereocenters. The minimum atomic E-state index is 0.435. The average molecular weight is 475 g/mol. The number of nitrogens with zero attached hydrogens (tertiary/aromatic N) is 6. The highest BCUT2D eigenvalue weighted by Crippen LogP contribution is 2.48. The Morgan fingerprint density at radius 1 is 1.18 bits per heavy atom. The lowest BCUT2D eigenvalue weighted by Gasteiger charge is -2.21. The Morgan fingerprint density at radius 2 is 1.94 bits per heavy atom. The minimum Gasteiger partial charge on any atom is -0.323 e. The molecule has 176 valence electrons. The number of hydrogen-bond donors (Lipinski definition) is 2. The Bertz CT molecular complexity index is 1290. The van der Waals surface area contributed by atoms with Gasteiger partial charge in [0.15, 0.2) is 5.82 Å². The van der Waals surface area contributed by atoms with Crippen molar-refractivity contribution >= 4 is 35.0 Å². The van der Waals surface area contributed by atoms with E-state index in [1.807, 2.05) is 60.8 Å². The zero-order chi connectivity index (χ0) is 23.8. The number of aromatic nitrogens is 6. The predicted octanol–water partition coefficient (Wildman–Crippen LogP) is 5.80. The molecule has 0 saturated heterocycles. The van der Waals surface area contributed by atoms with Gasteiger partial charge in [0.25, 0.3) is 0 Å². The monoisotopic (exact) mass is 474 g/mol. The highest BCUT2D eigenvalue weighted by Gasteiger charge is 2.32. The second-order valence-electron chi connectivity index (χ2n) is 9.09. The second kappa shape index (κ2) is 9.13. The number of hydrogen-bond acceptors (Lipinski definition) is 7. The molecule has 1 fully saturated rings. The molecule has 1 aliphatic rings. The van der Waals surface area contributed by atoms with E-state index in [1.165, 1.54) is 4.90 Å². The summed E-state index contributed by atoms with van der Waals surface area (Å²) in [4.78, 5) is 13.3. The summed E-state index contributed by atoms with van der Waals surface area (Å²) >= 11 is 1.86. The maximum absolute atomic E-state index is 5.06. The molecule has 0 spiro atoms. The van der Waals surface area contributed by atoms with Crippen LogP contribution in [0.2, 0.25) is 0 Å². The molecule has 0 bridgehead atoms. The number of nitrogens with one attached hydrogen (secondary N) is 2. The van der Waals surface area contributed by atoms with Gasteiger partial charge >= 0.3 is 0 Å². The third-order valence-electron chi connectivity index (χ3n) is 5.75. The number of aromatic amines is 1. The number of anilines is 4. The Hall–Kier alpha value is -3.33. The highest BCUT2D eigenvalue weighted by atomic mass is 32.2. The lowest BCUT2D eigenvalue weighted by molar-refractivity contribution is 0.768. The highest BCUT2D eigenvalue weighted by molar-refractivity contribution is 7.99.